The van der Waals surface area contributed by atoms with Gasteiger partial charge >= 0.3 is 0 Å². The molecule has 0 unspecified atom stereocenters. The van der Waals surface area contributed by atoms with Crippen LogP contribution in [0.5, 0.6) is 11.5 Å². The van der Waals surface area contributed by atoms with E-state index >= 15 is 0 Å². The quantitative estimate of drug-likeness (QED) is 0.886. The maximum absolute atomic E-state index is 11.8. The van der Waals surface area contributed by atoms with Gasteiger partial charge in [0.25, 0.3) is 5.91 Å². The molecule has 0 spiro atoms. The zero-order valence-corrected chi connectivity index (χ0v) is 12.3. The zero-order valence-electron chi connectivity index (χ0n) is 12.3. The van der Waals surface area contributed by atoms with E-state index in [0.717, 1.165) is 6.42 Å². The average molecular weight is 285 g/mol. The minimum atomic E-state index is -0.206. The molecule has 0 aliphatic heterocycles. The lowest BCUT2D eigenvalue weighted by Crippen LogP contribution is -2.20. The van der Waals surface area contributed by atoms with E-state index in [1.807, 2.05) is 36.4 Å². The Hall–Kier alpha value is -2.49. The highest BCUT2D eigenvalue weighted by Gasteiger charge is 2.04. The topological polar surface area (TPSA) is 47.6 Å². The van der Waals surface area contributed by atoms with Crippen LogP contribution in [-0.4, -0.2) is 19.6 Å². The molecule has 2 rings (SSSR count). The van der Waals surface area contributed by atoms with Gasteiger partial charge in [-0.05, 0) is 36.2 Å². The predicted octanol–water partition coefficient (Wildman–Crippen LogP) is 3.28. The van der Waals surface area contributed by atoms with Gasteiger partial charge in [-0.3, -0.25) is 4.79 Å². The van der Waals surface area contributed by atoms with E-state index in [1.165, 1.54) is 5.56 Å². The first-order chi connectivity index (χ1) is 10.2. The molecule has 0 saturated carbocycles. The molecule has 110 valence electrons. The highest BCUT2D eigenvalue weighted by atomic mass is 16.5. The Morgan fingerprint density at radius 2 is 1.86 bits per heavy atom. The van der Waals surface area contributed by atoms with Crippen LogP contribution in [0.1, 0.15) is 12.5 Å². The Labute approximate surface area is 124 Å². The average Bonchev–Trinajstić information content (AvgIpc) is 2.53. The lowest BCUT2D eigenvalue weighted by atomic mass is 10.2. The van der Waals surface area contributed by atoms with E-state index in [4.69, 9.17) is 9.47 Å². The summed E-state index contributed by atoms with van der Waals surface area (Å²) >= 11 is 0. The molecule has 21 heavy (non-hydrogen) atoms. The van der Waals surface area contributed by atoms with Gasteiger partial charge in [0.15, 0.2) is 6.61 Å². The van der Waals surface area contributed by atoms with Crippen LogP contribution in [0.25, 0.3) is 0 Å². The number of benzene rings is 2. The molecular weight excluding hydrogens is 266 g/mol. The van der Waals surface area contributed by atoms with Crippen LogP contribution in [0.4, 0.5) is 5.69 Å². The van der Waals surface area contributed by atoms with Crippen molar-refractivity contribution >= 4 is 11.6 Å². The number of carbonyl (C=O) groups is 1. The molecular formula is C17H19NO3. The number of nitrogens with one attached hydrogen (secondary N) is 1. The van der Waals surface area contributed by atoms with Crippen LogP contribution in [-0.2, 0) is 11.2 Å². The normalized spacial score (nSPS) is 10.0. The van der Waals surface area contributed by atoms with Gasteiger partial charge in [-0.15, -0.1) is 0 Å². The molecule has 0 aliphatic carbocycles. The smallest absolute Gasteiger partial charge is 0.262 e. The van der Waals surface area contributed by atoms with Crippen molar-refractivity contribution in [2.45, 2.75) is 13.3 Å². The summed E-state index contributed by atoms with van der Waals surface area (Å²) in [5.74, 6) is 1.18. The first-order valence-electron chi connectivity index (χ1n) is 6.87. The second kappa shape index (κ2) is 7.33. The fourth-order valence-electron chi connectivity index (χ4n) is 1.87. The molecule has 2 aromatic carbocycles. The number of hydrogen-bond acceptors (Lipinski definition) is 3. The molecule has 0 atom stereocenters. The van der Waals surface area contributed by atoms with Gasteiger partial charge in [0.05, 0.1) is 7.11 Å². The summed E-state index contributed by atoms with van der Waals surface area (Å²) in [6, 6.07) is 14.9. The van der Waals surface area contributed by atoms with Crippen molar-refractivity contribution in [1.82, 2.24) is 0 Å². The maximum Gasteiger partial charge on any atom is 0.262 e. The van der Waals surface area contributed by atoms with Crippen LogP contribution in [0.3, 0.4) is 0 Å². The van der Waals surface area contributed by atoms with Crippen LogP contribution < -0.4 is 14.8 Å². The van der Waals surface area contributed by atoms with Crippen LogP contribution in [0.2, 0.25) is 0 Å². The van der Waals surface area contributed by atoms with Gasteiger partial charge in [-0.1, -0.05) is 25.1 Å². The van der Waals surface area contributed by atoms with Crippen molar-refractivity contribution in [3.05, 3.63) is 54.1 Å². The van der Waals surface area contributed by atoms with Gasteiger partial charge in [-0.2, -0.15) is 0 Å². The molecule has 0 saturated heterocycles. The second-order valence-corrected chi connectivity index (χ2v) is 4.57. The van der Waals surface area contributed by atoms with E-state index in [9.17, 15) is 4.79 Å². The molecule has 0 fully saturated rings. The molecule has 0 heterocycles. The Morgan fingerprint density at radius 1 is 1.10 bits per heavy atom. The third kappa shape index (κ3) is 4.53. The van der Waals surface area contributed by atoms with Crippen LogP contribution >= 0.6 is 0 Å². The van der Waals surface area contributed by atoms with Crippen LogP contribution in [0, 0.1) is 0 Å². The Balaban J connectivity index is 1.86. The Kier molecular flexibility index (Phi) is 5.21. The van der Waals surface area contributed by atoms with Crippen molar-refractivity contribution in [1.29, 1.82) is 0 Å². The highest BCUT2D eigenvalue weighted by Crippen LogP contribution is 2.17. The molecule has 1 N–H and O–H groups in total. The molecule has 2 aromatic rings. The summed E-state index contributed by atoms with van der Waals surface area (Å²) in [5.41, 5.74) is 1.92. The summed E-state index contributed by atoms with van der Waals surface area (Å²) in [6.07, 6.45) is 0.983. The summed E-state index contributed by atoms with van der Waals surface area (Å²) in [4.78, 5) is 11.8. The molecule has 1 amide bonds. The van der Waals surface area contributed by atoms with Crippen molar-refractivity contribution in [2.75, 3.05) is 19.0 Å². The molecule has 4 nitrogen and oxygen atoms in total. The van der Waals surface area contributed by atoms with Gasteiger partial charge in [0.1, 0.15) is 11.5 Å². The van der Waals surface area contributed by atoms with Gasteiger partial charge in [0.2, 0.25) is 0 Å². The molecule has 4 heteroatoms. The standard InChI is InChI=1S/C17H19NO3/c1-3-13-7-9-15(10-8-13)21-12-17(19)18-14-5-4-6-16(11-14)20-2/h4-11H,3,12H2,1-2H3,(H,18,19). The van der Waals surface area contributed by atoms with Crippen molar-refractivity contribution in [2.24, 2.45) is 0 Å². The van der Waals surface area contributed by atoms with E-state index in [0.29, 0.717) is 17.2 Å². The molecule has 0 radical (unpaired) electrons. The first kappa shape index (κ1) is 14.9. The zero-order chi connectivity index (χ0) is 15.1. The number of aryl methyl sites for hydroxylation is 1. The van der Waals surface area contributed by atoms with E-state index in [-0.39, 0.29) is 12.5 Å². The van der Waals surface area contributed by atoms with E-state index in [2.05, 4.69) is 12.2 Å². The summed E-state index contributed by atoms with van der Waals surface area (Å²) in [7, 11) is 1.59. The molecule has 0 aromatic heterocycles. The number of hydrogen-bond donors (Lipinski definition) is 1. The van der Waals surface area contributed by atoms with Crippen molar-refractivity contribution in [3.8, 4) is 11.5 Å². The SMILES string of the molecule is CCc1ccc(OCC(=O)Nc2cccc(OC)c2)cc1. The number of ether oxygens (including phenoxy) is 2. The summed E-state index contributed by atoms with van der Waals surface area (Å²) in [6.45, 7) is 2.07. The molecule has 0 aliphatic rings. The number of rotatable bonds is 6. The third-order valence-corrected chi connectivity index (χ3v) is 3.06. The number of methoxy groups -OCH3 is 1. The van der Waals surface area contributed by atoms with Gasteiger partial charge in [-0.25, -0.2) is 0 Å². The minimum absolute atomic E-state index is 0.0251. The lowest BCUT2D eigenvalue weighted by Gasteiger charge is -2.09. The largest absolute Gasteiger partial charge is 0.497 e. The number of anilines is 1. The summed E-state index contributed by atoms with van der Waals surface area (Å²) < 4.78 is 10.6. The fraction of sp³-hybridized carbons (Fsp3) is 0.235. The molecule has 0 bridgehead atoms. The van der Waals surface area contributed by atoms with Gasteiger partial charge in [0, 0.05) is 11.8 Å². The number of amides is 1. The maximum atomic E-state index is 11.8. The Morgan fingerprint density at radius 3 is 2.52 bits per heavy atom. The predicted molar refractivity (Wildman–Crippen MR) is 82.9 cm³/mol. The monoisotopic (exact) mass is 285 g/mol. The fourth-order valence-corrected chi connectivity index (χ4v) is 1.87. The van der Waals surface area contributed by atoms with Gasteiger partial charge < -0.3 is 14.8 Å². The summed E-state index contributed by atoms with van der Waals surface area (Å²) in [5, 5.41) is 2.77. The highest BCUT2D eigenvalue weighted by molar-refractivity contribution is 5.92. The van der Waals surface area contributed by atoms with E-state index in [1.54, 1.807) is 19.2 Å². The van der Waals surface area contributed by atoms with Crippen molar-refractivity contribution in [3.63, 3.8) is 0 Å². The van der Waals surface area contributed by atoms with Crippen molar-refractivity contribution < 1.29 is 14.3 Å². The van der Waals surface area contributed by atoms with Crippen LogP contribution in [0.15, 0.2) is 48.5 Å². The lowest BCUT2D eigenvalue weighted by molar-refractivity contribution is -0.118. The third-order valence-electron chi connectivity index (χ3n) is 3.06. The van der Waals surface area contributed by atoms with E-state index < -0.39 is 0 Å². The minimum Gasteiger partial charge on any atom is -0.497 e. The first-order valence-corrected chi connectivity index (χ1v) is 6.87. The Bertz CT molecular complexity index is 593. The second-order valence-electron chi connectivity index (χ2n) is 4.57. The number of carbonyl (C=O) groups excluding carboxylic acids is 1.